The van der Waals surface area contributed by atoms with Gasteiger partial charge in [0.15, 0.2) is 0 Å². The van der Waals surface area contributed by atoms with Crippen molar-refractivity contribution in [2.75, 3.05) is 26.3 Å². The van der Waals surface area contributed by atoms with E-state index in [9.17, 15) is 20.1 Å². The van der Waals surface area contributed by atoms with Gasteiger partial charge >= 0.3 is 5.97 Å². The molecule has 0 spiro atoms. The van der Waals surface area contributed by atoms with E-state index in [0.717, 1.165) is 71.2 Å². The molecule has 1 aliphatic heterocycles. The molecule has 6 rings (SSSR count). The second-order valence-electron chi connectivity index (χ2n) is 13.2. The maximum absolute atomic E-state index is 12.2. The predicted molar refractivity (Wildman–Crippen MR) is 135 cm³/mol. The van der Waals surface area contributed by atoms with Crippen LogP contribution >= 0.6 is 0 Å². The van der Waals surface area contributed by atoms with Crippen molar-refractivity contribution in [2.45, 2.75) is 89.0 Å². The Kier molecular flexibility index (Phi) is 6.10. The van der Waals surface area contributed by atoms with Gasteiger partial charge in [-0.3, -0.25) is 9.69 Å². The number of aliphatic carboxylic acids is 1. The number of aliphatic hydroxyl groups is 2. The lowest BCUT2D eigenvalue weighted by atomic mass is 9.44. The third kappa shape index (κ3) is 3.56. The van der Waals surface area contributed by atoms with Crippen molar-refractivity contribution < 1.29 is 24.9 Å². The van der Waals surface area contributed by atoms with Gasteiger partial charge in [0.2, 0.25) is 0 Å². The minimum Gasteiger partial charge on any atom is -0.481 e. The number of hydrogen-bond acceptors (Lipinski definition) is 5. The van der Waals surface area contributed by atoms with Gasteiger partial charge in [-0.25, -0.2) is 0 Å². The number of fused-ring (bicyclic) bond motifs is 5. The van der Waals surface area contributed by atoms with E-state index in [0.29, 0.717) is 23.7 Å². The fourth-order valence-corrected chi connectivity index (χ4v) is 10.1. The van der Waals surface area contributed by atoms with Crippen LogP contribution in [0, 0.1) is 34.5 Å². The average molecular weight is 501 g/mol. The maximum Gasteiger partial charge on any atom is 0.306 e. The summed E-state index contributed by atoms with van der Waals surface area (Å²) in [5, 5.41) is 33.3. The fourth-order valence-electron chi connectivity index (χ4n) is 10.1. The Labute approximate surface area is 214 Å². The minimum atomic E-state index is -1.26. The molecule has 36 heavy (non-hydrogen) atoms. The number of aromatic nitrogens is 1. The zero-order valence-corrected chi connectivity index (χ0v) is 21.9. The Morgan fingerprint density at radius 3 is 2.47 bits per heavy atom. The predicted octanol–water partition coefficient (Wildman–Crippen LogP) is 3.56. The molecule has 7 nitrogen and oxygen atoms in total. The first-order chi connectivity index (χ1) is 17.2. The first-order valence-corrected chi connectivity index (χ1v) is 14.2. The highest BCUT2D eigenvalue weighted by Gasteiger charge is 2.69. The van der Waals surface area contributed by atoms with Gasteiger partial charge in [-0.15, -0.1) is 0 Å². The largest absolute Gasteiger partial charge is 0.481 e. The number of ether oxygens (including phenoxy) is 1. The summed E-state index contributed by atoms with van der Waals surface area (Å²) in [7, 11) is 0. The molecule has 4 saturated carbocycles. The molecule has 1 saturated heterocycles. The number of carbonyl (C=O) groups is 1. The molecule has 0 unspecified atom stereocenters. The van der Waals surface area contributed by atoms with Crippen LogP contribution < -0.4 is 0 Å². The van der Waals surface area contributed by atoms with Crippen LogP contribution in [0.4, 0.5) is 0 Å². The molecule has 200 valence electrons. The van der Waals surface area contributed by atoms with Crippen LogP contribution in [0.1, 0.15) is 71.3 Å². The minimum absolute atomic E-state index is 0.170. The van der Waals surface area contributed by atoms with Crippen molar-refractivity contribution in [2.24, 2.45) is 34.5 Å². The van der Waals surface area contributed by atoms with E-state index in [1.54, 1.807) is 0 Å². The number of carboxylic acids is 1. The van der Waals surface area contributed by atoms with Gasteiger partial charge in [0.05, 0.1) is 31.8 Å². The third-order valence-corrected chi connectivity index (χ3v) is 12.0. The molecule has 2 heterocycles. The smallest absolute Gasteiger partial charge is 0.306 e. The van der Waals surface area contributed by atoms with Crippen molar-refractivity contribution in [1.29, 1.82) is 0 Å². The van der Waals surface area contributed by atoms with Gasteiger partial charge in [-0.2, -0.15) is 0 Å². The van der Waals surface area contributed by atoms with Crippen LogP contribution in [-0.2, 0) is 9.53 Å². The monoisotopic (exact) mass is 500 g/mol. The fraction of sp³-hybridized carbons (Fsp3) is 0.828. The highest BCUT2D eigenvalue weighted by atomic mass is 16.5. The number of carboxylic acid groups (broad SMARTS) is 1. The summed E-state index contributed by atoms with van der Waals surface area (Å²) in [6.45, 7) is 7.99. The van der Waals surface area contributed by atoms with Crippen LogP contribution in [0.5, 0.6) is 0 Å². The molecule has 0 aromatic carbocycles. The molecular weight excluding hydrogens is 456 g/mol. The van der Waals surface area contributed by atoms with Gasteiger partial charge in [0.25, 0.3) is 0 Å². The van der Waals surface area contributed by atoms with Gasteiger partial charge in [-0.05, 0) is 86.2 Å². The van der Waals surface area contributed by atoms with Gasteiger partial charge in [-0.1, -0.05) is 13.8 Å². The summed E-state index contributed by atoms with van der Waals surface area (Å²) >= 11 is 0. The molecule has 3 N–H and O–H groups in total. The number of rotatable bonds is 4. The lowest BCUT2D eigenvalue weighted by Crippen LogP contribution is -2.62. The van der Waals surface area contributed by atoms with E-state index in [1.165, 1.54) is 0 Å². The Balaban J connectivity index is 1.32. The first-order valence-electron chi connectivity index (χ1n) is 14.2. The molecule has 4 aliphatic carbocycles. The Morgan fingerprint density at radius 1 is 1.06 bits per heavy atom. The van der Waals surface area contributed by atoms with Crippen LogP contribution in [0.25, 0.3) is 0 Å². The Morgan fingerprint density at radius 2 is 1.78 bits per heavy atom. The molecule has 0 amide bonds. The van der Waals surface area contributed by atoms with Crippen LogP contribution in [-0.4, -0.2) is 74.8 Å². The zero-order valence-electron chi connectivity index (χ0n) is 21.9. The topological polar surface area (TPSA) is 95.2 Å². The Bertz CT molecular complexity index is 963. The molecule has 10 atom stereocenters. The third-order valence-electron chi connectivity index (χ3n) is 12.0. The van der Waals surface area contributed by atoms with Crippen molar-refractivity contribution in [3.05, 3.63) is 24.5 Å². The van der Waals surface area contributed by atoms with Gasteiger partial charge < -0.3 is 24.6 Å². The van der Waals surface area contributed by atoms with E-state index in [1.807, 2.05) is 24.5 Å². The SMILES string of the molecule is C[C@]12C[C@H](N3CCOCC3)[C@@H](O)C[C@@H]1CC[C@@H]1[C@@H]2CC[C@@]2(C)[C@H]1C[C@H](n1cccc1)[C@]2(O)CC(=O)O. The molecule has 7 heteroatoms. The number of morpholine rings is 1. The summed E-state index contributed by atoms with van der Waals surface area (Å²) in [6, 6.07) is 3.93. The normalized spacial score (nSPS) is 49.2. The molecule has 0 bridgehead atoms. The lowest BCUT2D eigenvalue weighted by molar-refractivity contribution is -0.182. The second kappa shape index (κ2) is 8.82. The summed E-state index contributed by atoms with van der Waals surface area (Å²) in [6.07, 6.45) is 10.4. The second-order valence-corrected chi connectivity index (χ2v) is 13.2. The zero-order chi connectivity index (χ0) is 25.3. The van der Waals surface area contributed by atoms with E-state index in [4.69, 9.17) is 4.74 Å². The summed E-state index contributed by atoms with van der Waals surface area (Å²) < 4.78 is 7.67. The first kappa shape index (κ1) is 24.9. The average Bonchev–Trinajstić information content (AvgIpc) is 3.44. The molecule has 1 aromatic rings. The van der Waals surface area contributed by atoms with E-state index >= 15 is 0 Å². The van der Waals surface area contributed by atoms with Gasteiger partial charge in [0.1, 0.15) is 5.60 Å². The van der Waals surface area contributed by atoms with E-state index in [-0.39, 0.29) is 30.0 Å². The summed E-state index contributed by atoms with van der Waals surface area (Å²) in [5.41, 5.74) is -1.50. The van der Waals surface area contributed by atoms with Crippen molar-refractivity contribution in [3.63, 3.8) is 0 Å². The number of aliphatic hydroxyl groups excluding tert-OH is 1. The summed E-state index contributed by atoms with van der Waals surface area (Å²) in [5.74, 6) is 0.979. The van der Waals surface area contributed by atoms with Crippen molar-refractivity contribution in [3.8, 4) is 0 Å². The molecule has 0 radical (unpaired) electrons. The standard InChI is InChI=1S/C29H44N2O5/c1-27-17-23(30-11-13-36-14-12-30)24(32)15-19(27)5-6-20-21(27)7-8-28(2)22(20)16-25(31-9-3-4-10-31)29(28,35)18-26(33)34/h3-4,9-10,19-25,32,35H,5-8,11-18H2,1-2H3,(H,33,34)/t19-,20+,21-,22-,23-,24-,25-,27-,28-,29+/m0/s1. The number of hydrogen-bond donors (Lipinski definition) is 3. The molecule has 5 fully saturated rings. The molecule has 5 aliphatic rings. The lowest BCUT2D eigenvalue weighted by Gasteiger charge is -2.63. The van der Waals surface area contributed by atoms with Crippen LogP contribution in [0.2, 0.25) is 0 Å². The molecular formula is C29H44N2O5. The van der Waals surface area contributed by atoms with Crippen molar-refractivity contribution in [1.82, 2.24) is 9.47 Å². The van der Waals surface area contributed by atoms with Crippen molar-refractivity contribution >= 4 is 5.97 Å². The highest BCUT2D eigenvalue weighted by molar-refractivity contribution is 5.68. The van der Waals surface area contributed by atoms with E-state index < -0.39 is 17.0 Å². The van der Waals surface area contributed by atoms with Crippen LogP contribution in [0.15, 0.2) is 24.5 Å². The quantitative estimate of drug-likeness (QED) is 0.585. The summed E-state index contributed by atoms with van der Waals surface area (Å²) in [4.78, 5) is 14.5. The van der Waals surface area contributed by atoms with E-state index in [2.05, 4.69) is 23.3 Å². The van der Waals surface area contributed by atoms with Gasteiger partial charge in [0, 0.05) is 36.9 Å². The Hall–Kier alpha value is -1.41. The maximum atomic E-state index is 12.2. The molecule has 1 aromatic heterocycles. The van der Waals surface area contributed by atoms with Crippen LogP contribution in [0.3, 0.4) is 0 Å². The number of nitrogens with zero attached hydrogens (tertiary/aromatic N) is 2. The highest BCUT2D eigenvalue weighted by Crippen LogP contribution is 2.70.